The maximum Gasteiger partial charge on any atom is 0.416 e. The number of nitrogens with zero attached hydrogens (tertiary/aromatic N) is 2. The summed E-state index contributed by atoms with van der Waals surface area (Å²) < 4.78 is 79.9. The number of alkyl halides is 3. The highest BCUT2D eigenvalue weighted by Crippen LogP contribution is 2.32. The summed E-state index contributed by atoms with van der Waals surface area (Å²) in [5, 5.41) is 3.13. The molecule has 1 atom stereocenters. The first kappa shape index (κ1) is 34.9. The van der Waals surface area contributed by atoms with E-state index in [1.54, 1.807) is 0 Å². The van der Waals surface area contributed by atoms with Crippen LogP contribution in [0, 0.1) is 5.82 Å². The molecule has 3 aromatic carbocycles. The fraction of sp³-hybridized carbons (Fsp3) is 0.412. The number of benzene rings is 3. The Balaban J connectivity index is 1.59. The molecule has 0 unspecified atom stereocenters. The molecule has 1 fully saturated rings. The first-order valence-corrected chi connectivity index (χ1v) is 17.2. The summed E-state index contributed by atoms with van der Waals surface area (Å²) in [5.41, 5.74) is 0.269. The number of nitrogens with one attached hydrogen (secondary N) is 1. The van der Waals surface area contributed by atoms with Crippen molar-refractivity contribution in [3.8, 4) is 0 Å². The number of amides is 2. The van der Waals surface area contributed by atoms with Crippen molar-refractivity contribution in [2.75, 3.05) is 17.1 Å². The zero-order valence-corrected chi connectivity index (χ0v) is 26.5. The highest BCUT2D eigenvalue weighted by Gasteiger charge is 2.33. The van der Waals surface area contributed by atoms with Crippen LogP contribution < -0.4 is 9.62 Å². The maximum atomic E-state index is 14.0. The molecule has 248 valence electrons. The number of anilines is 1. The highest BCUT2D eigenvalue weighted by atomic mass is 32.2. The fourth-order valence-corrected chi connectivity index (χ4v) is 6.68. The maximum absolute atomic E-state index is 14.0. The van der Waals surface area contributed by atoms with Crippen molar-refractivity contribution >= 4 is 27.5 Å². The van der Waals surface area contributed by atoms with Crippen LogP contribution in [0.25, 0.3) is 0 Å². The molecule has 0 bridgehead atoms. The standard InChI is InChI=1S/C34H39F4N3O4S/c1-46(44,45)41(30-15-8-12-27(23-30)34(36,37)38)21-9-16-32(42)40(24-26-17-19-28(35)20-18-26)31(22-25-10-4-2-5-11-25)33(43)39-29-13-6-3-7-14-29/h2,4-5,8,10-12,15,17-20,23,29,31H,3,6-7,9,13-14,16,21-22,24H2,1H3,(H,39,43)/t31-/m0/s1. The number of hydrogen-bond donors (Lipinski definition) is 1. The number of rotatable bonds is 13. The van der Waals surface area contributed by atoms with E-state index in [0.717, 1.165) is 66.4 Å². The Morgan fingerprint density at radius 2 is 1.59 bits per heavy atom. The molecule has 4 rings (SSSR count). The van der Waals surface area contributed by atoms with Gasteiger partial charge < -0.3 is 10.2 Å². The lowest BCUT2D eigenvalue weighted by atomic mass is 9.94. The Labute approximate surface area is 267 Å². The van der Waals surface area contributed by atoms with E-state index < -0.39 is 39.5 Å². The third-order valence-electron chi connectivity index (χ3n) is 8.10. The second kappa shape index (κ2) is 15.6. The van der Waals surface area contributed by atoms with Crippen LogP contribution in [0.3, 0.4) is 0 Å². The average Bonchev–Trinajstić information content (AvgIpc) is 3.02. The van der Waals surface area contributed by atoms with Gasteiger partial charge in [-0.1, -0.05) is 67.8 Å². The molecule has 0 heterocycles. The molecule has 12 heteroatoms. The minimum absolute atomic E-state index is 0.00187. The highest BCUT2D eigenvalue weighted by molar-refractivity contribution is 7.92. The van der Waals surface area contributed by atoms with Crippen LogP contribution >= 0.6 is 0 Å². The number of carbonyl (C=O) groups excluding carboxylic acids is 2. The van der Waals surface area contributed by atoms with E-state index in [4.69, 9.17) is 0 Å². The van der Waals surface area contributed by atoms with Gasteiger partial charge in [0.1, 0.15) is 11.9 Å². The van der Waals surface area contributed by atoms with E-state index in [-0.39, 0.29) is 50.0 Å². The number of carbonyl (C=O) groups is 2. The summed E-state index contributed by atoms with van der Waals surface area (Å²) in [5.74, 6) is -1.21. The van der Waals surface area contributed by atoms with Gasteiger partial charge in [-0.2, -0.15) is 13.2 Å². The van der Waals surface area contributed by atoms with Gasteiger partial charge in [-0.15, -0.1) is 0 Å². The summed E-state index contributed by atoms with van der Waals surface area (Å²) in [6.07, 6.45) is 0.998. The van der Waals surface area contributed by atoms with Gasteiger partial charge in [-0.25, -0.2) is 12.8 Å². The molecule has 7 nitrogen and oxygen atoms in total. The van der Waals surface area contributed by atoms with Crippen LogP contribution in [0.1, 0.15) is 61.6 Å². The lowest BCUT2D eigenvalue weighted by Gasteiger charge is -2.34. The van der Waals surface area contributed by atoms with Crippen LogP contribution in [0.4, 0.5) is 23.2 Å². The van der Waals surface area contributed by atoms with Crippen LogP contribution in [-0.4, -0.2) is 50.0 Å². The summed E-state index contributed by atoms with van der Waals surface area (Å²) in [6, 6.07) is 17.9. The van der Waals surface area contributed by atoms with Gasteiger partial charge in [0.2, 0.25) is 21.8 Å². The molecule has 46 heavy (non-hydrogen) atoms. The van der Waals surface area contributed by atoms with Gasteiger partial charge in [0.25, 0.3) is 0 Å². The normalized spacial score (nSPS) is 14.8. The van der Waals surface area contributed by atoms with Crippen LogP contribution in [0.5, 0.6) is 0 Å². The quantitative estimate of drug-likeness (QED) is 0.213. The summed E-state index contributed by atoms with van der Waals surface area (Å²) in [6.45, 7) is -0.258. The predicted molar refractivity (Wildman–Crippen MR) is 169 cm³/mol. The first-order valence-electron chi connectivity index (χ1n) is 15.3. The van der Waals surface area contributed by atoms with E-state index in [2.05, 4.69) is 5.32 Å². The molecule has 3 aromatic rings. The van der Waals surface area contributed by atoms with Crippen molar-refractivity contribution < 1.29 is 35.6 Å². The van der Waals surface area contributed by atoms with E-state index in [9.17, 15) is 35.6 Å². The zero-order valence-electron chi connectivity index (χ0n) is 25.7. The van der Waals surface area contributed by atoms with Crippen molar-refractivity contribution in [3.05, 3.63) is 101 Å². The minimum Gasteiger partial charge on any atom is -0.352 e. The topological polar surface area (TPSA) is 86.8 Å². The minimum atomic E-state index is -4.66. The molecule has 1 aliphatic rings. The lowest BCUT2D eigenvalue weighted by Crippen LogP contribution is -2.52. The summed E-state index contributed by atoms with van der Waals surface area (Å²) in [4.78, 5) is 29.3. The molecular weight excluding hydrogens is 622 g/mol. The van der Waals surface area contributed by atoms with Crippen LogP contribution in [0.15, 0.2) is 78.9 Å². The van der Waals surface area contributed by atoms with Gasteiger partial charge in [0.05, 0.1) is 17.5 Å². The Morgan fingerprint density at radius 3 is 2.22 bits per heavy atom. The second-order valence-electron chi connectivity index (χ2n) is 11.7. The van der Waals surface area contributed by atoms with Gasteiger partial charge in [0.15, 0.2) is 0 Å². The second-order valence-corrected chi connectivity index (χ2v) is 13.6. The lowest BCUT2D eigenvalue weighted by molar-refractivity contribution is -0.141. The van der Waals surface area contributed by atoms with E-state index in [1.165, 1.54) is 35.2 Å². The molecule has 1 aliphatic carbocycles. The van der Waals surface area contributed by atoms with Gasteiger partial charge >= 0.3 is 6.18 Å². The molecule has 0 saturated heterocycles. The van der Waals surface area contributed by atoms with Crippen LogP contribution in [0.2, 0.25) is 0 Å². The zero-order chi connectivity index (χ0) is 33.3. The van der Waals surface area contributed by atoms with E-state index in [1.807, 2.05) is 30.3 Å². The van der Waals surface area contributed by atoms with Crippen molar-refractivity contribution in [2.24, 2.45) is 0 Å². The summed E-state index contributed by atoms with van der Waals surface area (Å²) in [7, 11) is -4.00. The van der Waals surface area contributed by atoms with E-state index >= 15 is 0 Å². The molecule has 1 N–H and O–H groups in total. The third kappa shape index (κ3) is 10.0. The molecule has 0 aromatic heterocycles. The molecule has 0 aliphatic heterocycles. The summed E-state index contributed by atoms with van der Waals surface area (Å²) >= 11 is 0. The number of sulfonamides is 1. The Bertz CT molecular complexity index is 1560. The molecule has 2 amide bonds. The fourth-order valence-electron chi connectivity index (χ4n) is 5.73. The molecule has 0 spiro atoms. The van der Waals surface area contributed by atoms with Crippen molar-refractivity contribution in [3.63, 3.8) is 0 Å². The number of halogens is 4. The Morgan fingerprint density at radius 1 is 0.913 bits per heavy atom. The predicted octanol–water partition coefficient (Wildman–Crippen LogP) is 6.48. The molecule has 0 radical (unpaired) electrons. The van der Waals surface area contributed by atoms with E-state index in [0.29, 0.717) is 5.56 Å². The van der Waals surface area contributed by atoms with Crippen molar-refractivity contribution in [1.82, 2.24) is 10.2 Å². The largest absolute Gasteiger partial charge is 0.416 e. The van der Waals surface area contributed by atoms with Gasteiger partial charge in [-0.05, 0) is 60.7 Å². The Kier molecular flexibility index (Phi) is 11.8. The van der Waals surface area contributed by atoms with Crippen LogP contribution in [-0.2, 0) is 38.8 Å². The Hall–Kier alpha value is -3.93. The average molecular weight is 662 g/mol. The van der Waals surface area contributed by atoms with Gasteiger partial charge in [-0.3, -0.25) is 13.9 Å². The van der Waals surface area contributed by atoms with Gasteiger partial charge in [0, 0.05) is 32.0 Å². The van der Waals surface area contributed by atoms with Crippen molar-refractivity contribution in [2.45, 2.75) is 76.2 Å². The third-order valence-corrected chi connectivity index (χ3v) is 9.30. The number of hydrogen-bond acceptors (Lipinski definition) is 4. The first-order chi connectivity index (χ1) is 21.8. The molecule has 1 saturated carbocycles. The monoisotopic (exact) mass is 661 g/mol. The van der Waals surface area contributed by atoms with Crippen molar-refractivity contribution in [1.29, 1.82) is 0 Å². The smallest absolute Gasteiger partial charge is 0.352 e. The molecular formula is C34H39F4N3O4S. The SMILES string of the molecule is CS(=O)(=O)N(CCCC(=O)N(Cc1ccc(F)cc1)[C@@H](Cc1ccccc1)C(=O)NC1CCCCC1)c1cccc(C(F)(F)F)c1.